The maximum absolute atomic E-state index is 10.5. The quantitative estimate of drug-likeness (QED) is 0.608. The number of aliphatic carboxylic acids is 1. The highest BCUT2D eigenvalue weighted by Gasteiger charge is 2.28. The highest BCUT2D eigenvalue weighted by atomic mass is 32.2. The molecule has 8 nitrogen and oxygen atoms in total. The molecule has 0 fully saturated rings. The van der Waals surface area contributed by atoms with E-state index in [-0.39, 0.29) is 0 Å². The molecule has 1 aliphatic heterocycles. The number of amidine groups is 1. The number of rotatable bonds is 6. The van der Waals surface area contributed by atoms with Gasteiger partial charge in [0.05, 0.1) is 17.5 Å². The van der Waals surface area contributed by atoms with Crippen LogP contribution in [0.3, 0.4) is 0 Å². The highest BCUT2D eigenvalue weighted by molar-refractivity contribution is 8.00. The van der Waals surface area contributed by atoms with Gasteiger partial charge in [0.2, 0.25) is 5.84 Å². The number of pyridine rings is 1. The maximum atomic E-state index is 10.5. The van der Waals surface area contributed by atoms with Crippen molar-refractivity contribution >= 4 is 29.4 Å². The van der Waals surface area contributed by atoms with E-state index in [1.54, 1.807) is 6.20 Å². The third-order valence-corrected chi connectivity index (χ3v) is 5.01. The Balaban J connectivity index is 0.000000479. The first-order chi connectivity index (χ1) is 15.7. The zero-order valence-electron chi connectivity index (χ0n) is 17.2. The van der Waals surface area contributed by atoms with E-state index in [4.69, 9.17) is 9.90 Å². The average Bonchev–Trinajstić information content (AvgIpc) is 3.31. The first kappa shape index (κ1) is 25.4. The molecule has 3 rings (SSSR count). The summed E-state index contributed by atoms with van der Waals surface area (Å²) in [5.41, 5.74) is 2.27. The topological polar surface area (TPSA) is 142 Å². The second-order valence-corrected chi connectivity index (χ2v) is 7.18. The molecule has 170 valence electrons. The molecular weight excluding hydrogens is 457 g/mol. The summed E-state index contributed by atoms with van der Waals surface area (Å²) in [4.78, 5) is 17.6. The highest BCUT2D eigenvalue weighted by Crippen LogP contribution is 2.36. The number of halogens is 3. The Bertz CT molecular complexity index is 1150. The van der Waals surface area contributed by atoms with Crippen molar-refractivity contribution in [3.8, 4) is 23.3 Å². The fraction of sp³-hybridized carbons (Fsp3) is 0.190. The number of carbonyl (C=O) groups excluding carboxylic acids is 1. The van der Waals surface area contributed by atoms with Crippen LogP contribution >= 0.6 is 11.8 Å². The number of aromatic nitrogens is 1. The summed E-state index contributed by atoms with van der Waals surface area (Å²) in [6, 6.07) is 14.0. The second-order valence-electron chi connectivity index (χ2n) is 6.21. The summed E-state index contributed by atoms with van der Waals surface area (Å²) in [5.74, 6) is -0.963. The van der Waals surface area contributed by atoms with Crippen LogP contribution in [0.1, 0.15) is 18.1 Å². The number of thioether (sulfide) groups is 1. The zero-order chi connectivity index (χ0) is 24.4. The number of nitrogens with one attached hydrogen (secondary N) is 1. The van der Waals surface area contributed by atoms with E-state index in [9.17, 15) is 23.7 Å². The van der Waals surface area contributed by atoms with E-state index in [0.29, 0.717) is 39.8 Å². The fourth-order valence-electron chi connectivity index (χ4n) is 2.63. The lowest BCUT2D eigenvalue weighted by Crippen LogP contribution is -2.81. The van der Waals surface area contributed by atoms with Crippen LogP contribution in [-0.4, -0.2) is 35.3 Å². The number of nitriles is 2. The van der Waals surface area contributed by atoms with Gasteiger partial charge in [-0.05, 0) is 12.5 Å². The van der Waals surface area contributed by atoms with Crippen LogP contribution in [0.2, 0.25) is 0 Å². The van der Waals surface area contributed by atoms with Crippen molar-refractivity contribution in [3.05, 3.63) is 53.9 Å². The van der Waals surface area contributed by atoms with E-state index >= 15 is 0 Å². The molecule has 0 aliphatic carbocycles. The van der Waals surface area contributed by atoms with Gasteiger partial charge in [0.1, 0.15) is 40.7 Å². The molecular formula is C21H17F3N6O2S. The van der Waals surface area contributed by atoms with Gasteiger partial charge in [-0.1, -0.05) is 42.1 Å². The number of hydrogen-bond donors (Lipinski definition) is 2. The minimum atomic E-state index is -5.19. The third kappa shape index (κ3) is 6.80. The fourth-order valence-corrected chi connectivity index (χ4v) is 3.54. The van der Waals surface area contributed by atoms with Crippen LogP contribution in [0.15, 0.2) is 52.8 Å². The molecule has 1 aromatic carbocycles. The number of carbonyl (C=O) groups is 1. The van der Waals surface area contributed by atoms with Crippen molar-refractivity contribution in [2.24, 2.45) is 4.99 Å². The molecule has 0 bridgehead atoms. The summed E-state index contributed by atoms with van der Waals surface area (Å²) in [5, 5.41) is 34.0. The zero-order valence-corrected chi connectivity index (χ0v) is 18.0. The number of carboxylic acid groups (broad SMARTS) is 1. The van der Waals surface area contributed by atoms with E-state index in [0.717, 1.165) is 11.4 Å². The standard InChI is InChI=1S/C19H16N6S.C2HF3O2/c1-2-22-18-14(10-20)17(13-6-4-3-5-7-13)15(11-21)19(25-18)26-12-16-23-8-9-24-16;3-2(4,5)1(6)7/h3-9H,2,12H2,1H3,(H,22,25)(H,23,24);(H,6,7). The lowest BCUT2D eigenvalue weighted by atomic mass is 9.97. The first-order valence-electron chi connectivity index (χ1n) is 9.37. The van der Waals surface area contributed by atoms with Crippen molar-refractivity contribution in [3.63, 3.8) is 0 Å². The summed E-state index contributed by atoms with van der Waals surface area (Å²) in [7, 11) is 0. The molecule has 2 aromatic rings. The van der Waals surface area contributed by atoms with Crippen molar-refractivity contribution in [2.75, 3.05) is 17.6 Å². The lowest BCUT2D eigenvalue weighted by molar-refractivity contribution is -0.458. The van der Waals surface area contributed by atoms with Gasteiger partial charge in [0.25, 0.3) is 0 Å². The predicted molar refractivity (Wildman–Crippen MR) is 114 cm³/mol. The number of anilines is 1. The molecule has 0 radical (unpaired) electrons. The molecule has 0 saturated heterocycles. The van der Waals surface area contributed by atoms with E-state index in [2.05, 4.69) is 27.4 Å². The van der Waals surface area contributed by atoms with Gasteiger partial charge in [0, 0.05) is 12.1 Å². The first-order valence-corrected chi connectivity index (χ1v) is 10.4. The number of nitrogens with zero attached hydrogens (tertiary/aromatic N) is 4. The molecule has 0 amide bonds. The SMILES string of the molecule is CCNc1nc(SCC2=NC=C[NH2+]2)c(C#N)c(-c2ccccc2)c1C#N.O=C([O-])C(F)(F)F. The molecule has 33 heavy (non-hydrogen) atoms. The van der Waals surface area contributed by atoms with Crippen LogP contribution in [0, 0.1) is 22.7 Å². The molecule has 12 heteroatoms. The summed E-state index contributed by atoms with van der Waals surface area (Å²) in [6.07, 6.45) is -1.57. The van der Waals surface area contributed by atoms with Crippen molar-refractivity contribution < 1.29 is 28.4 Å². The van der Waals surface area contributed by atoms with Gasteiger partial charge in [-0.25, -0.2) is 9.98 Å². The maximum Gasteiger partial charge on any atom is 0.430 e. The Kier molecular flexibility index (Phi) is 8.98. The van der Waals surface area contributed by atoms with Gasteiger partial charge in [0.15, 0.2) is 0 Å². The number of hydrogen-bond acceptors (Lipinski definition) is 8. The number of alkyl halides is 3. The summed E-state index contributed by atoms with van der Waals surface area (Å²) in [6.45, 7) is 2.58. The van der Waals surface area contributed by atoms with Gasteiger partial charge >= 0.3 is 6.18 Å². The Morgan fingerprint density at radius 2 is 1.85 bits per heavy atom. The molecule has 1 aliphatic rings. The molecule has 0 spiro atoms. The molecule has 0 saturated carbocycles. The van der Waals surface area contributed by atoms with E-state index < -0.39 is 12.1 Å². The van der Waals surface area contributed by atoms with Gasteiger partial charge < -0.3 is 15.2 Å². The Labute approximate surface area is 191 Å². The number of carboxylic acids is 1. The van der Waals surface area contributed by atoms with Crippen molar-refractivity contribution in [1.82, 2.24) is 4.98 Å². The van der Waals surface area contributed by atoms with E-state index in [1.807, 2.05) is 48.8 Å². The Hall–Kier alpha value is -3.87. The number of nitrogens with two attached hydrogens (primary N) is 1. The van der Waals surface area contributed by atoms with Gasteiger partial charge in [-0.15, -0.1) is 0 Å². The van der Waals surface area contributed by atoms with Crippen molar-refractivity contribution in [2.45, 2.75) is 18.1 Å². The molecule has 3 N–H and O–H groups in total. The minimum absolute atomic E-state index is 0.394. The number of quaternary nitrogens is 1. The second kappa shape index (κ2) is 11.7. The van der Waals surface area contributed by atoms with Crippen LogP contribution in [0.5, 0.6) is 0 Å². The normalized spacial score (nSPS) is 12.1. The van der Waals surface area contributed by atoms with E-state index in [1.165, 1.54) is 11.8 Å². The number of benzene rings is 1. The molecule has 2 heterocycles. The van der Waals surface area contributed by atoms with Crippen LogP contribution in [0.4, 0.5) is 19.0 Å². The van der Waals surface area contributed by atoms with Gasteiger partial charge in [-0.3, -0.25) is 5.32 Å². The summed E-state index contributed by atoms with van der Waals surface area (Å²) >= 11 is 1.45. The lowest BCUT2D eigenvalue weighted by Gasteiger charge is -2.15. The number of aliphatic imine (C=N–C) groups is 1. The minimum Gasteiger partial charge on any atom is -0.542 e. The molecule has 0 unspecified atom stereocenters. The monoisotopic (exact) mass is 474 g/mol. The third-order valence-electron chi connectivity index (χ3n) is 4.00. The van der Waals surface area contributed by atoms with Gasteiger partial charge in [-0.2, -0.15) is 23.7 Å². The van der Waals surface area contributed by atoms with Crippen LogP contribution in [-0.2, 0) is 4.79 Å². The van der Waals surface area contributed by atoms with Crippen molar-refractivity contribution in [1.29, 1.82) is 10.5 Å². The summed E-state index contributed by atoms with van der Waals surface area (Å²) < 4.78 is 31.5. The molecule has 1 aromatic heterocycles. The largest absolute Gasteiger partial charge is 0.542 e. The Morgan fingerprint density at radius 1 is 1.21 bits per heavy atom. The smallest absolute Gasteiger partial charge is 0.430 e. The average molecular weight is 474 g/mol. The Morgan fingerprint density at radius 3 is 2.33 bits per heavy atom. The van der Waals surface area contributed by atoms with Crippen LogP contribution in [0.25, 0.3) is 11.1 Å². The predicted octanol–water partition coefficient (Wildman–Crippen LogP) is 1.76. The van der Waals surface area contributed by atoms with Crippen LogP contribution < -0.4 is 15.7 Å². The molecule has 0 atom stereocenters.